The Hall–Kier alpha value is -1.81. The van der Waals surface area contributed by atoms with Crippen molar-refractivity contribution in [1.82, 2.24) is 9.78 Å². The Morgan fingerprint density at radius 3 is 2.70 bits per heavy atom. The Morgan fingerprint density at radius 2 is 2.00 bits per heavy atom. The Labute approximate surface area is 119 Å². The maximum absolute atomic E-state index is 5.78. The van der Waals surface area contributed by atoms with Crippen molar-refractivity contribution in [2.75, 3.05) is 5.32 Å². The highest BCUT2D eigenvalue weighted by molar-refractivity contribution is 5.51. The predicted molar refractivity (Wildman–Crippen MR) is 80.2 cm³/mol. The van der Waals surface area contributed by atoms with E-state index in [4.69, 9.17) is 4.74 Å². The molecule has 3 rings (SSSR count). The number of benzene rings is 1. The number of hydrogen-bond acceptors (Lipinski definition) is 3. The molecule has 0 amide bonds. The molecule has 20 heavy (non-hydrogen) atoms. The van der Waals surface area contributed by atoms with E-state index in [-0.39, 0.29) is 0 Å². The molecule has 2 unspecified atom stereocenters. The molecule has 1 aliphatic heterocycles. The van der Waals surface area contributed by atoms with Crippen LogP contribution in [0.4, 0.5) is 5.69 Å². The van der Waals surface area contributed by atoms with Gasteiger partial charge in [-0.2, -0.15) is 5.10 Å². The second kappa shape index (κ2) is 5.67. The van der Waals surface area contributed by atoms with Crippen molar-refractivity contribution in [3.8, 4) is 5.69 Å². The van der Waals surface area contributed by atoms with Crippen LogP contribution in [-0.4, -0.2) is 28.0 Å². The first kappa shape index (κ1) is 13.2. The molecule has 106 valence electrons. The molecule has 2 heterocycles. The minimum Gasteiger partial charge on any atom is -0.382 e. The Morgan fingerprint density at radius 1 is 1.20 bits per heavy atom. The monoisotopic (exact) mass is 271 g/mol. The molecule has 0 bridgehead atoms. The lowest BCUT2D eigenvalue weighted by Gasteiger charge is -2.33. The molecule has 1 aliphatic rings. The fourth-order valence-electron chi connectivity index (χ4n) is 2.92. The second-order valence-electron chi connectivity index (χ2n) is 5.57. The summed E-state index contributed by atoms with van der Waals surface area (Å²) in [6.45, 7) is 4.29. The lowest BCUT2D eigenvalue weighted by molar-refractivity contribution is -0.0337. The number of anilines is 1. The molecule has 4 heteroatoms. The summed E-state index contributed by atoms with van der Waals surface area (Å²) in [6.07, 6.45) is 6.50. The summed E-state index contributed by atoms with van der Waals surface area (Å²) in [7, 11) is 0. The van der Waals surface area contributed by atoms with E-state index in [9.17, 15) is 0 Å². The van der Waals surface area contributed by atoms with Gasteiger partial charge in [0.05, 0.1) is 17.9 Å². The van der Waals surface area contributed by atoms with E-state index in [0.29, 0.717) is 18.2 Å². The molecule has 1 aromatic heterocycles. The highest BCUT2D eigenvalue weighted by Gasteiger charge is 2.24. The third-order valence-electron chi connectivity index (χ3n) is 3.68. The smallest absolute Gasteiger partial charge is 0.0666 e. The summed E-state index contributed by atoms with van der Waals surface area (Å²) in [4.78, 5) is 0. The van der Waals surface area contributed by atoms with Crippen molar-refractivity contribution in [3.05, 3.63) is 42.7 Å². The third-order valence-corrected chi connectivity index (χ3v) is 3.68. The van der Waals surface area contributed by atoms with Crippen molar-refractivity contribution >= 4 is 5.69 Å². The Bertz CT molecular complexity index is 543. The van der Waals surface area contributed by atoms with Crippen molar-refractivity contribution in [2.24, 2.45) is 0 Å². The molecule has 4 nitrogen and oxygen atoms in total. The van der Waals surface area contributed by atoms with Crippen LogP contribution in [0.25, 0.3) is 5.69 Å². The van der Waals surface area contributed by atoms with Gasteiger partial charge in [-0.15, -0.1) is 0 Å². The van der Waals surface area contributed by atoms with Crippen molar-refractivity contribution in [1.29, 1.82) is 0 Å². The van der Waals surface area contributed by atoms with Crippen LogP contribution in [0.3, 0.4) is 0 Å². The summed E-state index contributed by atoms with van der Waals surface area (Å²) in [6, 6.07) is 10.8. The molecule has 2 aromatic rings. The number of rotatable bonds is 3. The number of nitrogens with zero attached hydrogens (tertiary/aromatic N) is 2. The zero-order valence-corrected chi connectivity index (χ0v) is 12.0. The van der Waals surface area contributed by atoms with E-state index in [1.807, 2.05) is 16.9 Å². The average molecular weight is 271 g/mol. The summed E-state index contributed by atoms with van der Waals surface area (Å²) in [5, 5.41) is 7.89. The fourth-order valence-corrected chi connectivity index (χ4v) is 2.92. The van der Waals surface area contributed by atoms with Gasteiger partial charge in [-0.25, -0.2) is 4.68 Å². The molecule has 1 fully saturated rings. The zero-order chi connectivity index (χ0) is 13.9. The van der Waals surface area contributed by atoms with E-state index in [1.165, 1.54) is 0 Å². The van der Waals surface area contributed by atoms with Crippen LogP contribution in [0.2, 0.25) is 0 Å². The largest absolute Gasteiger partial charge is 0.382 e. The average Bonchev–Trinajstić information content (AvgIpc) is 2.91. The lowest BCUT2D eigenvalue weighted by atomic mass is 9.99. The number of ether oxygens (including phenoxy) is 1. The van der Waals surface area contributed by atoms with Gasteiger partial charge in [0.25, 0.3) is 0 Å². The maximum Gasteiger partial charge on any atom is 0.0666 e. The zero-order valence-electron chi connectivity index (χ0n) is 12.0. The third kappa shape index (κ3) is 3.02. The standard InChI is InChI=1S/C16H21N3O/c1-12-9-15(10-13(2)20-12)18-14-5-3-6-16(11-14)19-8-4-7-17-19/h3-8,11-13,15,18H,9-10H2,1-2H3. The summed E-state index contributed by atoms with van der Waals surface area (Å²) >= 11 is 0. The highest BCUT2D eigenvalue weighted by Crippen LogP contribution is 2.23. The first-order valence-corrected chi connectivity index (χ1v) is 7.23. The Kier molecular flexibility index (Phi) is 3.74. The van der Waals surface area contributed by atoms with Gasteiger partial charge in [0.2, 0.25) is 0 Å². The SMILES string of the molecule is CC1CC(Nc2cccc(-n3cccn3)c2)CC(C)O1. The predicted octanol–water partition coefficient (Wildman–Crippen LogP) is 3.24. The van der Waals surface area contributed by atoms with Gasteiger partial charge in [-0.1, -0.05) is 6.07 Å². The molecular formula is C16H21N3O. The topological polar surface area (TPSA) is 39.1 Å². The van der Waals surface area contributed by atoms with Gasteiger partial charge in [0, 0.05) is 24.1 Å². The fraction of sp³-hybridized carbons (Fsp3) is 0.438. The summed E-state index contributed by atoms with van der Waals surface area (Å²) < 4.78 is 7.66. The van der Waals surface area contributed by atoms with Crippen molar-refractivity contribution in [2.45, 2.75) is 44.9 Å². The molecule has 1 aromatic carbocycles. The van der Waals surface area contributed by atoms with Crippen LogP contribution < -0.4 is 5.32 Å². The van der Waals surface area contributed by atoms with Crippen LogP contribution in [0, 0.1) is 0 Å². The van der Waals surface area contributed by atoms with Crippen LogP contribution in [0.15, 0.2) is 42.7 Å². The second-order valence-corrected chi connectivity index (χ2v) is 5.57. The Balaban J connectivity index is 1.73. The van der Waals surface area contributed by atoms with Gasteiger partial charge < -0.3 is 10.1 Å². The van der Waals surface area contributed by atoms with Gasteiger partial charge in [-0.05, 0) is 51.0 Å². The van der Waals surface area contributed by atoms with Gasteiger partial charge in [0.1, 0.15) is 0 Å². The number of aromatic nitrogens is 2. The van der Waals surface area contributed by atoms with Crippen molar-refractivity contribution in [3.63, 3.8) is 0 Å². The quantitative estimate of drug-likeness (QED) is 0.931. The molecule has 1 saturated heterocycles. The van der Waals surface area contributed by atoms with Crippen LogP contribution in [0.5, 0.6) is 0 Å². The molecular weight excluding hydrogens is 250 g/mol. The van der Waals surface area contributed by atoms with Crippen LogP contribution in [-0.2, 0) is 4.74 Å². The minimum absolute atomic E-state index is 0.325. The van der Waals surface area contributed by atoms with Crippen molar-refractivity contribution < 1.29 is 4.74 Å². The van der Waals surface area contributed by atoms with Gasteiger partial charge in [0.15, 0.2) is 0 Å². The van der Waals surface area contributed by atoms with Crippen LogP contribution in [0.1, 0.15) is 26.7 Å². The number of nitrogens with one attached hydrogen (secondary N) is 1. The highest BCUT2D eigenvalue weighted by atomic mass is 16.5. The molecule has 0 saturated carbocycles. The normalized spacial score (nSPS) is 26.4. The lowest BCUT2D eigenvalue weighted by Crippen LogP contribution is -2.36. The summed E-state index contributed by atoms with van der Waals surface area (Å²) in [5.74, 6) is 0. The van der Waals surface area contributed by atoms with Gasteiger partial charge >= 0.3 is 0 Å². The first-order valence-electron chi connectivity index (χ1n) is 7.23. The molecule has 1 N–H and O–H groups in total. The van der Waals surface area contributed by atoms with Crippen LogP contribution >= 0.6 is 0 Å². The van der Waals surface area contributed by atoms with E-state index in [2.05, 4.69) is 48.5 Å². The van der Waals surface area contributed by atoms with E-state index < -0.39 is 0 Å². The molecule has 2 atom stereocenters. The van der Waals surface area contributed by atoms with E-state index in [0.717, 1.165) is 24.2 Å². The first-order chi connectivity index (χ1) is 9.70. The van der Waals surface area contributed by atoms with E-state index in [1.54, 1.807) is 6.20 Å². The molecule has 0 spiro atoms. The maximum atomic E-state index is 5.78. The molecule has 0 radical (unpaired) electrons. The minimum atomic E-state index is 0.325. The summed E-state index contributed by atoms with van der Waals surface area (Å²) in [5.41, 5.74) is 2.22. The van der Waals surface area contributed by atoms with Gasteiger partial charge in [-0.3, -0.25) is 0 Å². The number of hydrogen-bond donors (Lipinski definition) is 1. The molecule has 0 aliphatic carbocycles. The van der Waals surface area contributed by atoms with E-state index >= 15 is 0 Å².